The summed E-state index contributed by atoms with van der Waals surface area (Å²) in [6, 6.07) is 7.39. The number of hydrogen-bond acceptors (Lipinski definition) is 3. The third kappa shape index (κ3) is 3.42. The van der Waals surface area contributed by atoms with Crippen molar-refractivity contribution in [2.75, 3.05) is 24.6 Å². The van der Waals surface area contributed by atoms with Crippen molar-refractivity contribution < 1.29 is 14.3 Å². The molecule has 1 fully saturated rings. The Morgan fingerprint density at radius 1 is 1.52 bits per heavy atom. The molecular weight excluding hydrogens is 268 g/mol. The van der Waals surface area contributed by atoms with Crippen LogP contribution in [0.4, 0.5) is 5.69 Å². The molecule has 2 amide bonds. The Hall–Kier alpha value is -2.30. The highest BCUT2D eigenvalue weighted by molar-refractivity contribution is 6.01. The van der Waals surface area contributed by atoms with Gasteiger partial charge in [-0.15, -0.1) is 6.58 Å². The largest absolute Gasteiger partial charge is 0.492 e. The van der Waals surface area contributed by atoms with Gasteiger partial charge in [-0.2, -0.15) is 0 Å². The van der Waals surface area contributed by atoms with Crippen molar-refractivity contribution in [2.24, 2.45) is 5.92 Å². The van der Waals surface area contributed by atoms with Crippen LogP contribution in [0.2, 0.25) is 0 Å². The van der Waals surface area contributed by atoms with Crippen molar-refractivity contribution in [1.82, 2.24) is 5.32 Å². The molecule has 0 spiro atoms. The van der Waals surface area contributed by atoms with Crippen LogP contribution in [0, 0.1) is 5.92 Å². The number of ether oxygens (including phenoxy) is 1. The van der Waals surface area contributed by atoms with Gasteiger partial charge in [-0.1, -0.05) is 18.2 Å². The van der Waals surface area contributed by atoms with Crippen LogP contribution in [0.1, 0.15) is 13.3 Å². The molecule has 0 radical (unpaired) electrons. The monoisotopic (exact) mass is 288 g/mol. The van der Waals surface area contributed by atoms with Gasteiger partial charge in [-0.3, -0.25) is 9.59 Å². The molecule has 21 heavy (non-hydrogen) atoms. The van der Waals surface area contributed by atoms with Crippen LogP contribution >= 0.6 is 0 Å². The second-order valence-corrected chi connectivity index (χ2v) is 4.84. The summed E-state index contributed by atoms with van der Waals surface area (Å²) in [6.07, 6.45) is 1.85. The summed E-state index contributed by atoms with van der Waals surface area (Å²) in [5.74, 6) is 0.174. The minimum Gasteiger partial charge on any atom is -0.492 e. The maximum atomic E-state index is 12.2. The molecule has 112 valence electrons. The molecule has 1 aromatic rings. The van der Waals surface area contributed by atoms with Crippen molar-refractivity contribution in [1.29, 1.82) is 0 Å². The lowest BCUT2D eigenvalue weighted by Gasteiger charge is -2.20. The fourth-order valence-corrected chi connectivity index (χ4v) is 2.39. The molecule has 5 nitrogen and oxygen atoms in total. The normalized spacial score (nSPS) is 17.7. The van der Waals surface area contributed by atoms with E-state index in [-0.39, 0.29) is 24.2 Å². The molecule has 1 N–H and O–H groups in total. The van der Waals surface area contributed by atoms with Gasteiger partial charge in [-0.25, -0.2) is 0 Å². The molecule has 1 aliphatic heterocycles. The molecule has 0 aromatic heterocycles. The lowest BCUT2D eigenvalue weighted by atomic mass is 10.1. The SMILES string of the molecule is C=CCNC(=O)[C@@H]1CC(=O)N(c2ccccc2OCC)C1. The van der Waals surface area contributed by atoms with Crippen LogP contribution in [-0.4, -0.2) is 31.5 Å². The fourth-order valence-electron chi connectivity index (χ4n) is 2.39. The smallest absolute Gasteiger partial charge is 0.227 e. The van der Waals surface area contributed by atoms with E-state index >= 15 is 0 Å². The Bertz CT molecular complexity index is 542. The van der Waals surface area contributed by atoms with Gasteiger partial charge in [0.2, 0.25) is 11.8 Å². The van der Waals surface area contributed by atoms with Gasteiger partial charge in [0.05, 0.1) is 18.2 Å². The van der Waals surface area contributed by atoms with Crippen molar-refractivity contribution >= 4 is 17.5 Å². The lowest BCUT2D eigenvalue weighted by Crippen LogP contribution is -2.33. The van der Waals surface area contributed by atoms with Crippen LogP contribution in [0.3, 0.4) is 0 Å². The Morgan fingerprint density at radius 3 is 3.00 bits per heavy atom. The van der Waals surface area contributed by atoms with Crippen LogP contribution in [-0.2, 0) is 9.59 Å². The molecule has 0 bridgehead atoms. The topological polar surface area (TPSA) is 58.6 Å². The zero-order valence-corrected chi connectivity index (χ0v) is 12.2. The Kier molecular flexibility index (Phi) is 4.98. The third-order valence-corrected chi connectivity index (χ3v) is 3.37. The Balaban J connectivity index is 2.13. The van der Waals surface area contributed by atoms with Crippen molar-refractivity contribution in [3.63, 3.8) is 0 Å². The van der Waals surface area contributed by atoms with Gasteiger partial charge in [0, 0.05) is 19.5 Å². The minimum atomic E-state index is -0.327. The Morgan fingerprint density at radius 2 is 2.29 bits per heavy atom. The number of hydrogen-bond donors (Lipinski definition) is 1. The van der Waals surface area contributed by atoms with Gasteiger partial charge < -0.3 is 15.0 Å². The highest BCUT2D eigenvalue weighted by Gasteiger charge is 2.35. The first-order chi connectivity index (χ1) is 10.2. The summed E-state index contributed by atoms with van der Waals surface area (Å²) in [5.41, 5.74) is 0.725. The molecule has 0 saturated carbocycles. The van der Waals surface area contributed by atoms with Crippen molar-refractivity contribution in [2.45, 2.75) is 13.3 Å². The van der Waals surface area contributed by atoms with Gasteiger partial charge >= 0.3 is 0 Å². The molecule has 0 unspecified atom stereocenters. The number of carbonyl (C=O) groups excluding carboxylic acids is 2. The standard InChI is InChI=1S/C16H20N2O3/c1-3-9-17-16(20)12-10-15(19)18(11-12)13-7-5-6-8-14(13)21-4-2/h3,5-8,12H,1,4,9-11H2,2H3,(H,17,20)/t12-/m1/s1. The maximum absolute atomic E-state index is 12.2. The van der Waals surface area contributed by atoms with E-state index in [2.05, 4.69) is 11.9 Å². The average molecular weight is 288 g/mol. The predicted molar refractivity (Wildman–Crippen MR) is 81.3 cm³/mol. The molecule has 1 aliphatic rings. The van der Waals surface area contributed by atoms with E-state index in [1.807, 2.05) is 31.2 Å². The molecule has 2 rings (SSSR count). The van der Waals surface area contributed by atoms with Gasteiger partial charge in [-0.05, 0) is 19.1 Å². The third-order valence-electron chi connectivity index (χ3n) is 3.37. The number of rotatable bonds is 6. The van der Waals surface area contributed by atoms with E-state index < -0.39 is 0 Å². The summed E-state index contributed by atoms with van der Waals surface area (Å²) < 4.78 is 5.55. The second kappa shape index (κ2) is 6.92. The lowest BCUT2D eigenvalue weighted by molar-refractivity contribution is -0.126. The summed E-state index contributed by atoms with van der Waals surface area (Å²) in [4.78, 5) is 25.8. The number of nitrogens with zero attached hydrogens (tertiary/aromatic N) is 1. The number of amides is 2. The van der Waals surface area contributed by atoms with E-state index in [1.54, 1.807) is 11.0 Å². The number of carbonyl (C=O) groups is 2. The molecular formula is C16H20N2O3. The predicted octanol–water partition coefficient (Wildman–Crippen LogP) is 1.74. The summed E-state index contributed by atoms with van der Waals surface area (Å²) in [5, 5.41) is 2.74. The first-order valence-electron chi connectivity index (χ1n) is 7.08. The van der Waals surface area contributed by atoms with Crippen LogP contribution in [0.5, 0.6) is 5.75 Å². The fraction of sp³-hybridized carbons (Fsp3) is 0.375. The van der Waals surface area contributed by atoms with E-state index in [1.165, 1.54) is 0 Å². The number of para-hydroxylation sites is 2. The molecule has 1 aromatic carbocycles. The zero-order valence-electron chi connectivity index (χ0n) is 12.2. The quantitative estimate of drug-likeness (QED) is 0.811. The van der Waals surface area contributed by atoms with E-state index in [4.69, 9.17) is 4.74 Å². The number of benzene rings is 1. The number of anilines is 1. The minimum absolute atomic E-state index is 0.0547. The zero-order chi connectivity index (χ0) is 15.2. The van der Waals surface area contributed by atoms with Gasteiger partial charge in [0.1, 0.15) is 5.75 Å². The molecule has 1 saturated heterocycles. The Labute approximate surface area is 124 Å². The summed E-state index contributed by atoms with van der Waals surface area (Å²) in [7, 11) is 0. The molecule has 0 aliphatic carbocycles. The summed E-state index contributed by atoms with van der Waals surface area (Å²) >= 11 is 0. The number of nitrogens with one attached hydrogen (secondary N) is 1. The highest BCUT2D eigenvalue weighted by Crippen LogP contribution is 2.33. The highest BCUT2D eigenvalue weighted by atomic mass is 16.5. The van der Waals surface area contributed by atoms with Gasteiger partial charge in [0.15, 0.2) is 0 Å². The average Bonchev–Trinajstić information content (AvgIpc) is 2.87. The molecule has 1 atom stereocenters. The van der Waals surface area contributed by atoms with E-state index in [0.29, 0.717) is 25.4 Å². The first kappa shape index (κ1) is 15.1. The maximum Gasteiger partial charge on any atom is 0.227 e. The van der Waals surface area contributed by atoms with Crippen molar-refractivity contribution in [3.05, 3.63) is 36.9 Å². The van der Waals surface area contributed by atoms with Crippen molar-refractivity contribution in [3.8, 4) is 5.75 Å². The van der Waals surface area contributed by atoms with Crippen LogP contribution in [0.25, 0.3) is 0 Å². The second-order valence-electron chi connectivity index (χ2n) is 4.84. The van der Waals surface area contributed by atoms with Crippen LogP contribution < -0.4 is 15.0 Å². The molecule has 5 heteroatoms. The first-order valence-corrected chi connectivity index (χ1v) is 7.08. The van der Waals surface area contributed by atoms with Gasteiger partial charge in [0.25, 0.3) is 0 Å². The van der Waals surface area contributed by atoms with E-state index in [0.717, 1.165) is 5.69 Å². The van der Waals surface area contributed by atoms with E-state index in [9.17, 15) is 9.59 Å². The molecule has 1 heterocycles. The van der Waals surface area contributed by atoms with Crippen LogP contribution in [0.15, 0.2) is 36.9 Å². The summed E-state index contributed by atoms with van der Waals surface area (Å²) in [6.45, 7) is 6.78.